The minimum absolute atomic E-state index is 0.712. The first-order valence-corrected chi connectivity index (χ1v) is 10.1. The van der Waals surface area contributed by atoms with Gasteiger partial charge in [-0.05, 0) is 40.8 Å². The number of fused-ring (bicyclic) bond motifs is 2. The zero-order valence-corrected chi connectivity index (χ0v) is 15.3. The molecule has 0 aliphatic heterocycles. The molecule has 120 valence electrons. The summed E-state index contributed by atoms with van der Waals surface area (Å²) in [6, 6.07) is 23.3. The van der Waals surface area contributed by atoms with Crippen LogP contribution in [0.2, 0.25) is 0 Å². The summed E-state index contributed by atoms with van der Waals surface area (Å²) >= 11 is 3.40. The number of benzene rings is 3. The van der Waals surface area contributed by atoms with E-state index >= 15 is 0 Å². The molecule has 4 rings (SSSR count). The van der Waals surface area contributed by atoms with E-state index < -0.39 is 0 Å². The molecular weight excluding hydrogens is 342 g/mol. The summed E-state index contributed by atoms with van der Waals surface area (Å²) in [5.41, 5.74) is 2.85. The smallest absolute Gasteiger partial charge is 0.0998 e. The van der Waals surface area contributed by atoms with Crippen LogP contribution in [0.3, 0.4) is 0 Å². The van der Waals surface area contributed by atoms with Crippen molar-refractivity contribution in [2.45, 2.75) is 4.90 Å². The summed E-state index contributed by atoms with van der Waals surface area (Å²) in [4.78, 5) is 1.19. The highest BCUT2D eigenvalue weighted by molar-refractivity contribution is 7.98. The van der Waals surface area contributed by atoms with Gasteiger partial charge in [-0.1, -0.05) is 48.5 Å². The number of hydrogen-bond acceptors (Lipinski definition) is 3. The molecule has 3 aromatic carbocycles. The number of rotatable bonds is 3. The quantitative estimate of drug-likeness (QED) is 0.296. The van der Waals surface area contributed by atoms with Crippen LogP contribution in [-0.2, 0) is 0 Å². The molecule has 0 saturated carbocycles. The van der Waals surface area contributed by atoms with Gasteiger partial charge in [0.05, 0.1) is 11.6 Å². The molecule has 3 heteroatoms. The van der Waals surface area contributed by atoms with Crippen molar-refractivity contribution in [3.05, 3.63) is 77.2 Å². The van der Waals surface area contributed by atoms with E-state index in [4.69, 9.17) is 0 Å². The Morgan fingerprint density at radius 1 is 1.00 bits per heavy atom. The Labute approximate surface area is 155 Å². The molecule has 4 aromatic rings. The lowest BCUT2D eigenvalue weighted by atomic mass is 9.99. The van der Waals surface area contributed by atoms with E-state index in [2.05, 4.69) is 60.2 Å². The van der Waals surface area contributed by atoms with Crippen LogP contribution < -0.4 is 0 Å². The van der Waals surface area contributed by atoms with E-state index in [0.29, 0.717) is 5.57 Å². The lowest BCUT2D eigenvalue weighted by Crippen LogP contribution is -1.86. The van der Waals surface area contributed by atoms with Crippen molar-refractivity contribution in [3.63, 3.8) is 0 Å². The van der Waals surface area contributed by atoms with Gasteiger partial charge in [-0.2, -0.15) is 5.26 Å². The maximum atomic E-state index is 9.83. The predicted molar refractivity (Wildman–Crippen MR) is 111 cm³/mol. The first-order chi connectivity index (χ1) is 12.3. The highest BCUT2D eigenvalue weighted by Crippen LogP contribution is 2.35. The van der Waals surface area contributed by atoms with Crippen LogP contribution in [0, 0.1) is 11.3 Å². The number of thiophene rings is 1. The van der Waals surface area contributed by atoms with Gasteiger partial charge in [0, 0.05) is 25.9 Å². The van der Waals surface area contributed by atoms with Crippen LogP contribution in [0.4, 0.5) is 0 Å². The fourth-order valence-electron chi connectivity index (χ4n) is 3.10. The maximum absolute atomic E-state index is 9.83. The molecule has 0 unspecified atom stereocenters. The second-order valence-electron chi connectivity index (χ2n) is 5.72. The second kappa shape index (κ2) is 6.76. The SMILES string of the molecule is CSc1ccc2ccccc2c1/C=C(\C#N)c1csc2ccccc12. The number of nitrogens with zero attached hydrogens (tertiary/aromatic N) is 1. The van der Waals surface area contributed by atoms with Gasteiger partial charge in [0.2, 0.25) is 0 Å². The van der Waals surface area contributed by atoms with Gasteiger partial charge in [-0.15, -0.1) is 23.1 Å². The van der Waals surface area contributed by atoms with Gasteiger partial charge in [0.25, 0.3) is 0 Å². The Morgan fingerprint density at radius 2 is 1.76 bits per heavy atom. The number of thioether (sulfide) groups is 1. The average Bonchev–Trinajstić information content (AvgIpc) is 3.10. The van der Waals surface area contributed by atoms with Crippen molar-refractivity contribution in [1.29, 1.82) is 5.26 Å². The zero-order valence-electron chi connectivity index (χ0n) is 13.7. The third-order valence-electron chi connectivity index (χ3n) is 4.33. The normalized spacial score (nSPS) is 11.8. The van der Waals surface area contributed by atoms with Crippen molar-refractivity contribution < 1.29 is 0 Å². The molecule has 1 heterocycles. The number of hydrogen-bond donors (Lipinski definition) is 0. The van der Waals surface area contributed by atoms with Gasteiger partial charge >= 0.3 is 0 Å². The Hall–Kier alpha value is -2.54. The topological polar surface area (TPSA) is 23.8 Å². The molecule has 0 aliphatic carbocycles. The third kappa shape index (κ3) is 2.84. The average molecular weight is 358 g/mol. The summed E-state index contributed by atoms with van der Waals surface area (Å²) in [5.74, 6) is 0. The third-order valence-corrected chi connectivity index (χ3v) is 6.09. The van der Waals surface area contributed by atoms with Crippen LogP contribution in [0.15, 0.2) is 70.9 Å². The van der Waals surface area contributed by atoms with Crippen molar-refractivity contribution in [1.82, 2.24) is 0 Å². The van der Waals surface area contributed by atoms with Gasteiger partial charge in [0.15, 0.2) is 0 Å². The molecule has 0 fully saturated rings. The molecule has 1 nitrogen and oxygen atoms in total. The molecule has 0 N–H and O–H groups in total. The maximum Gasteiger partial charge on any atom is 0.0998 e. The van der Waals surface area contributed by atoms with E-state index in [1.54, 1.807) is 23.1 Å². The highest BCUT2D eigenvalue weighted by atomic mass is 32.2. The zero-order chi connectivity index (χ0) is 17.2. The molecule has 0 radical (unpaired) electrons. The Kier molecular flexibility index (Phi) is 4.31. The Morgan fingerprint density at radius 3 is 2.56 bits per heavy atom. The number of nitriles is 1. The summed E-state index contributed by atoms with van der Waals surface area (Å²) in [6.07, 6.45) is 4.12. The molecule has 0 bridgehead atoms. The molecule has 0 atom stereocenters. The first kappa shape index (κ1) is 16.0. The minimum atomic E-state index is 0.712. The molecule has 0 amide bonds. The van der Waals surface area contributed by atoms with Gasteiger partial charge < -0.3 is 0 Å². The van der Waals surface area contributed by atoms with Crippen LogP contribution in [0.25, 0.3) is 32.5 Å². The van der Waals surface area contributed by atoms with Gasteiger partial charge in [-0.25, -0.2) is 0 Å². The second-order valence-corrected chi connectivity index (χ2v) is 7.48. The van der Waals surface area contributed by atoms with Crippen molar-refractivity contribution in [2.75, 3.05) is 6.26 Å². The van der Waals surface area contributed by atoms with Crippen molar-refractivity contribution in [2.24, 2.45) is 0 Å². The van der Waals surface area contributed by atoms with Gasteiger partial charge in [0.1, 0.15) is 0 Å². The van der Waals surface area contributed by atoms with Crippen LogP contribution in [-0.4, -0.2) is 6.26 Å². The summed E-state index contributed by atoms with van der Waals surface area (Å²) in [5, 5.41) is 15.4. The number of allylic oxidation sites excluding steroid dienone is 1. The van der Waals surface area contributed by atoms with Gasteiger partial charge in [-0.3, -0.25) is 0 Å². The Bertz CT molecular complexity index is 1150. The molecule has 0 aliphatic rings. The van der Waals surface area contributed by atoms with E-state index in [0.717, 1.165) is 16.5 Å². The monoisotopic (exact) mass is 357 g/mol. The Balaban J connectivity index is 1.98. The first-order valence-electron chi connectivity index (χ1n) is 7.96. The molecule has 1 aromatic heterocycles. The van der Waals surface area contributed by atoms with Crippen LogP contribution in [0.1, 0.15) is 11.1 Å². The summed E-state index contributed by atoms with van der Waals surface area (Å²) in [7, 11) is 0. The molecule has 0 spiro atoms. The lowest BCUT2D eigenvalue weighted by Gasteiger charge is -2.09. The van der Waals surface area contributed by atoms with Crippen molar-refractivity contribution >= 4 is 55.6 Å². The predicted octanol–water partition coefficient (Wildman–Crippen LogP) is 6.84. The largest absolute Gasteiger partial charge is 0.192 e. The summed E-state index contributed by atoms with van der Waals surface area (Å²) in [6.45, 7) is 0. The standard InChI is InChI=1S/C22H15NS2/c1-24-21-11-10-15-6-2-3-7-17(15)19(21)12-16(13-23)20-14-25-22-9-5-4-8-18(20)22/h2-12,14H,1H3/b16-12+. The highest BCUT2D eigenvalue weighted by Gasteiger charge is 2.11. The molecule has 25 heavy (non-hydrogen) atoms. The van der Waals surface area contributed by atoms with E-state index in [-0.39, 0.29) is 0 Å². The van der Waals surface area contributed by atoms with Crippen LogP contribution in [0.5, 0.6) is 0 Å². The summed E-state index contributed by atoms with van der Waals surface area (Å²) < 4.78 is 1.21. The molecule has 0 saturated heterocycles. The van der Waals surface area contributed by atoms with Crippen LogP contribution >= 0.6 is 23.1 Å². The van der Waals surface area contributed by atoms with Crippen molar-refractivity contribution in [3.8, 4) is 6.07 Å². The fraction of sp³-hybridized carbons (Fsp3) is 0.0455. The lowest BCUT2D eigenvalue weighted by molar-refractivity contribution is 1.47. The molecular formula is C22H15NS2. The fourth-order valence-corrected chi connectivity index (χ4v) is 4.66. The van der Waals surface area contributed by atoms with E-state index in [9.17, 15) is 5.26 Å². The van der Waals surface area contributed by atoms with E-state index in [1.807, 2.05) is 24.3 Å². The van der Waals surface area contributed by atoms with E-state index in [1.165, 1.54) is 20.4 Å². The minimum Gasteiger partial charge on any atom is -0.192 e.